The molecule has 0 amide bonds. The van der Waals surface area contributed by atoms with Gasteiger partial charge in [-0.25, -0.2) is 0 Å². The maximum absolute atomic E-state index is 9.09. The van der Waals surface area contributed by atoms with Gasteiger partial charge in [0.25, 0.3) is 0 Å². The first-order chi connectivity index (χ1) is 7.83. The maximum Gasteiger partial charge on any atom is 0.0681 e. The summed E-state index contributed by atoms with van der Waals surface area (Å²) in [5.74, 6) is 0.771. The van der Waals surface area contributed by atoms with Crippen LogP contribution in [0.3, 0.4) is 0 Å². The molecule has 1 aliphatic rings. The average Bonchev–Trinajstić information content (AvgIpc) is 2.35. The van der Waals surface area contributed by atoms with E-state index >= 15 is 0 Å². The van der Waals surface area contributed by atoms with Gasteiger partial charge in [0, 0.05) is 13.7 Å². The smallest absolute Gasteiger partial charge is 0.0681 e. The minimum Gasteiger partial charge on any atom is -0.392 e. The molecule has 88 valence electrons. The number of aliphatic hydroxyl groups excluding tert-OH is 1. The highest BCUT2D eigenvalue weighted by molar-refractivity contribution is 5.34. The van der Waals surface area contributed by atoms with E-state index in [1.165, 1.54) is 24.0 Å². The van der Waals surface area contributed by atoms with Crippen LogP contribution in [0.15, 0.2) is 18.2 Å². The quantitative estimate of drug-likeness (QED) is 0.843. The third-order valence-electron chi connectivity index (χ3n) is 3.51. The molecular weight excluding hydrogens is 200 g/mol. The molecule has 0 bridgehead atoms. The highest BCUT2D eigenvalue weighted by Crippen LogP contribution is 2.28. The van der Waals surface area contributed by atoms with Gasteiger partial charge in [-0.05, 0) is 48.3 Å². The summed E-state index contributed by atoms with van der Waals surface area (Å²) in [6, 6.07) is 6.37. The molecule has 0 aliphatic heterocycles. The molecule has 2 nitrogen and oxygen atoms in total. The van der Waals surface area contributed by atoms with Gasteiger partial charge in [-0.2, -0.15) is 0 Å². The van der Waals surface area contributed by atoms with Crippen molar-refractivity contribution in [3.63, 3.8) is 0 Å². The Bertz CT molecular complexity index is 347. The van der Waals surface area contributed by atoms with Crippen molar-refractivity contribution in [2.45, 2.75) is 32.3 Å². The number of aliphatic hydroxyl groups is 1. The lowest BCUT2D eigenvalue weighted by Gasteiger charge is -2.24. The minimum absolute atomic E-state index is 0.153. The predicted octanol–water partition coefficient (Wildman–Crippen LogP) is 2.32. The van der Waals surface area contributed by atoms with Crippen LogP contribution in [0, 0.1) is 5.92 Å². The molecule has 0 saturated carbocycles. The summed E-state index contributed by atoms with van der Waals surface area (Å²) in [6.45, 7) is 1.02. The summed E-state index contributed by atoms with van der Waals surface area (Å²) in [5.41, 5.74) is 3.93. The van der Waals surface area contributed by atoms with Gasteiger partial charge in [0.15, 0.2) is 0 Å². The number of hydrogen-bond donors (Lipinski definition) is 1. The molecule has 0 heterocycles. The van der Waals surface area contributed by atoms with E-state index < -0.39 is 0 Å². The first-order valence-corrected chi connectivity index (χ1v) is 6.04. The Morgan fingerprint density at radius 3 is 3.00 bits per heavy atom. The van der Waals surface area contributed by atoms with Gasteiger partial charge in [0.2, 0.25) is 0 Å². The lowest BCUT2D eigenvalue weighted by atomic mass is 9.82. The fraction of sp³-hybridized carbons (Fsp3) is 0.571. The molecule has 1 N–H and O–H groups in total. The second-order valence-electron chi connectivity index (χ2n) is 4.65. The van der Waals surface area contributed by atoms with Crippen LogP contribution >= 0.6 is 0 Å². The number of rotatable bonds is 4. The highest BCUT2D eigenvalue weighted by Gasteiger charge is 2.18. The van der Waals surface area contributed by atoms with Crippen LogP contribution in [0.1, 0.15) is 29.5 Å². The average molecular weight is 220 g/mol. The van der Waals surface area contributed by atoms with Gasteiger partial charge in [0.1, 0.15) is 0 Å². The Kier molecular flexibility index (Phi) is 3.97. The molecular formula is C14H20O2. The summed E-state index contributed by atoms with van der Waals surface area (Å²) in [4.78, 5) is 0. The Morgan fingerprint density at radius 1 is 1.38 bits per heavy atom. The van der Waals surface area contributed by atoms with Crippen molar-refractivity contribution in [3.8, 4) is 0 Å². The molecule has 2 heteroatoms. The first-order valence-electron chi connectivity index (χ1n) is 6.04. The van der Waals surface area contributed by atoms with E-state index in [4.69, 9.17) is 9.84 Å². The molecule has 0 aromatic heterocycles. The zero-order valence-electron chi connectivity index (χ0n) is 9.91. The van der Waals surface area contributed by atoms with Gasteiger partial charge < -0.3 is 9.84 Å². The van der Waals surface area contributed by atoms with E-state index in [0.29, 0.717) is 0 Å². The molecule has 1 aliphatic carbocycles. The van der Waals surface area contributed by atoms with E-state index in [1.807, 2.05) is 6.07 Å². The van der Waals surface area contributed by atoms with Crippen molar-refractivity contribution >= 4 is 0 Å². The molecule has 2 rings (SSSR count). The maximum atomic E-state index is 9.09. The lowest BCUT2D eigenvalue weighted by Crippen LogP contribution is -2.16. The van der Waals surface area contributed by atoms with Crippen molar-refractivity contribution in [1.29, 1.82) is 0 Å². The van der Waals surface area contributed by atoms with Crippen LogP contribution in [0.5, 0.6) is 0 Å². The second kappa shape index (κ2) is 5.46. The molecule has 0 fully saturated rings. The van der Waals surface area contributed by atoms with Crippen molar-refractivity contribution in [1.82, 2.24) is 0 Å². The van der Waals surface area contributed by atoms with Gasteiger partial charge in [-0.1, -0.05) is 18.2 Å². The zero-order valence-corrected chi connectivity index (χ0v) is 9.91. The Balaban J connectivity index is 2.04. The van der Waals surface area contributed by atoms with E-state index in [-0.39, 0.29) is 6.61 Å². The molecule has 1 aromatic rings. The fourth-order valence-electron chi connectivity index (χ4n) is 2.51. The first kappa shape index (κ1) is 11.6. The van der Waals surface area contributed by atoms with Gasteiger partial charge in [0.05, 0.1) is 6.61 Å². The van der Waals surface area contributed by atoms with Crippen LogP contribution in [0.25, 0.3) is 0 Å². The Hall–Kier alpha value is -0.860. The van der Waals surface area contributed by atoms with Gasteiger partial charge in [-0.3, -0.25) is 0 Å². The number of methoxy groups -OCH3 is 1. The summed E-state index contributed by atoms with van der Waals surface area (Å²) >= 11 is 0. The lowest BCUT2D eigenvalue weighted by molar-refractivity contribution is 0.173. The molecule has 0 spiro atoms. The normalized spacial score (nSPS) is 19.5. The van der Waals surface area contributed by atoms with Crippen LogP contribution in [-0.2, 0) is 24.2 Å². The number of ether oxygens (including phenoxy) is 1. The fourth-order valence-corrected chi connectivity index (χ4v) is 2.51. The second-order valence-corrected chi connectivity index (χ2v) is 4.65. The molecule has 1 aromatic carbocycles. The largest absolute Gasteiger partial charge is 0.392 e. The van der Waals surface area contributed by atoms with Crippen molar-refractivity contribution < 1.29 is 9.84 Å². The summed E-state index contributed by atoms with van der Waals surface area (Å²) in [7, 11) is 1.77. The Labute approximate surface area is 97.3 Å². The van der Waals surface area contributed by atoms with Crippen molar-refractivity contribution in [2.24, 2.45) is 5.92 Å². The minimum atomic E-state index is 0.153. The van der Waals surface area contributed by atoms with E-state index in [0.717, 1.165) is 30.9 Å². The highest BCUT2D eigenvalue weighted by atomic mass is 16.5. The van der Waals surface area contributed by atoms with E-state index in [1.54, 1.807) is 7.11 Å². The van der Waals surface area contributed by atoms with E-state index in [9.17, 15) is 0 Å². The summed E-state index contributed by atoms with van der Waals surface area (Å²) in [6.07, 6.45) is 4.74. The zero-order chi connectivity index (χ0) is 11.4. The van der Waals surface area contributed by atoms with Crippen molar-refractivity contribution in [3.05, 3.63) is 34.9 Å². The van der Waals surface area contributed by atoms with Crippen LogP contribution in [0.4, 0.5) is 0 Å². The Morgan fingerprint density at radius 2 is 2.25 bits per heavy atom. The van der Waals surface area contributed by atoms with Crippen LogP contribution in [0.2, 0.25) is 0 Å². The monoisotopic (exact) mass is 220 g/mol. The van der Waals surface area contributed by atoms with Gasteiger partial charge >= 0.3 is 0 Å². The SMILES string of the molecule is COCCC1CCc2cc(CO)ccc2C1. The molecule has 1 atom stereocenters. The number of benzene rings is 1. The van der Waals surface area contributed by atoms with Gasteiger partial charge in [-0.15, -0.1) is 0 Å². The number of fused-ring (bicyclic) bond motifs is 1. The third-order valence-corrected chi connectivity index (χ3v) is 3.51. The molecule has 16 heavy (non-hydrogen) atoms. The number of aryl methyl sites for hydroxylation is 1. The molecule has 1 unspecified atom stereocenters. The van der Waals surface area contributed by atoms with E-state index in [2.05, 4.69) is 12.1 Å². The van der Waals surface area contributed by atoms with Crippen LogP contribution < -0.4 is 0 Å². The summed E-state index contributed by atoms with van der Waals surface area (Å²) < 4.78 is 5.14. The number of hydrogen-bond acceptors (Lipinski definition) is 2. The van der Waals surface area contributed by atoms with Crippen LogP contribution in [-0.4, -0.2) is 18.8 Å². The molecule has 0 radical (unpaired) electrons. The topological polar surface area (TPSA) is 29.5 Å². The standard InChI is InChI=1S/C14H20O2/c1-16-7-6-11-2-4-14-9-12(10-15)3-5-13(14)8-11/h3,5,9,11,15H,2,4,6-8,10H2,1H3. The van der Waals surface area contributed by atoms with Crippen molar-refractivity contribution in [2.75, 3.05) is 13.7 Å². The predicted molar refractivity (Wildman–Crippen MR) is 64.4 cm³/mol. The summed E-state index contributed by atoms with van der Waals surface area (Å²) in [5, 5.41) is 9.09. The third kappa shape index (κ3) is 2.63. The molecule has 0 saturated heterocycles.